The molecule has 2 nitrogen and oxygen atoms in total. The monoisotopic (exact) mass is 424 g/mol. The molecule has 1 aromatic heterocycles. The standard InChI is InChI=1S/C31H24N2/c1-22-16-19-29(32-24-10-4-2-5-11-24)28(20-22)23-17-18-27-26-14-8-9-15-30(26)33(31(27)21-23)25-12-6-3-7-13-25/h2-21,32H,1H3. The zero-order chi connectivity index (χ0) is 22.2. The first-order valence-electron chi connectivity index (χ1n) is 11.3. The van der Waals surface area contributed by atoms with Crippen LogP contribution in [0.25, 0.3) is 38.6 Å². The van der Waals surface area contributed by atoms with E-state index in [0.717, 1.165) is 11.4 Å². The van der Waals surface area contributed by atoms with E-state index in [1.165, 1.54) is 44.2 Å². The molecule has 0 aliphatic carbocycles. The summed E-state index contributed by atoms with van der Waals surface area (Å²) in [5, 5.41) is 6.15. The number of hydrogen-bond acceptors (Lipinski definition) is 1. The highest BCUT2D eigenvalue weighted by atomic mass is 15.0. The fourth-order valence-corrected chi connectivity index (χ4v) is 4.68. The van der Waals surface area contributed by atoms with E-state index < -0.39 is 0 Å². The molecule has 0 saturated heterocycles. The molecule has 1 N–H and O–H groups in total. The van der Waals surface area contributed by atoms with Gasteiger partial charge in [-0.3, -0.25) is 0 Å². The van der Waals surface area contributed by atoms with Crippen molar-refractivity contribution in [1.29, 1.82) is 0 Å². The third-order valence-corrected chi connectivity index (χ3v) is 6.23. The van der Waals surface area contributed by atoms with Gasteiger partial charge < -0.3 is 9.88 Å². The Labute approximate surface area is 193 Å². The molecule has 0 saturated carbocycles. The van der Waals surface area contributed by atoms with Crippen LogP contribution in [0.2, 0.25) is 0 Å². The molecular formula is C31H24N2. The van der Waals surface area contributed by atoms with Crippen molar-refractivity contribution in [3.05, 3.63) is 127 Å². The molecule has 1 heterocycles. The molecular weight excluding hydrogens is 400 g/mol. The number of anilines is 2. The molecule has 5 aromatic carbocycles. The van der Waals surface area contributed by atoms with Crippen molar-refractivity contribution in [2.45, 2.75) is 6.92 Å². The van der Waals surface area contributed by atoms with Gasteiger partial charge in [0, 0.05) is 33.4 Å². The summed E-state index contributed by atoms with van der Waals surface area (Å²) in [7, 11) is 0. The lowest BCUT2D eigenvalue weighted by atomic mass is 9.99. The van der Waals surface area contributed by atoms with Crippen LogP contribution in [-0.4, -0.2) is 4.57 Å². The van der Waals surface area contributed by atoms with E-state index in [-0.39, 0.29) is 0 Å². The molecule has 0 atom stereocenters. The van der Waals surface area contributed by atoms with Gasteiger partial charge in [-0.15, -0.1) is 0 Å². The minimum Gasteiger partial charge on any atom is -0.355 e. The van der Waals surface area contributed by atoms with Crippen molar-refractivity contribution in [2.24, 2.45) is 0 Å². The summed E-state index contributed by atoms with van der Waals surface area (Å²) in [6, 6.07) is 43.1. The van der Waals surface area contributed by atoms with Crippen molar-refractivity contribution in [2.75, 3.05) is 5.32 Å². The first-order chi connectivity index (χ1) is 16.3. The van der Waals surface area contributed by atoms with Crippen LogP contribution in [0.4, 0.5) is 11.4 Å². The number of nitrogens with one attached hydrogen (secondary N) is 1. The van der Waals surface area contributed by atoms with Gasteiger partial charge in [0.05, 0.1) is 11.0 Å². The summed E-state index contributed by atoms with van der Waals surface area (Å²) in [6.07, 6.45) is 0. The summed E-state index contributed by atoms with van der Waals surface area (Å²) in [5.74, 6) is 0. The predicted octanol–water partition coefficient (Wildman–Crippen LogP) is 8.50. The number of aryl methyl sites for hydroxylation is 1. The summed E-state index contributed by atoms with van der Waals surface area (Å²) < 4.78 is 2.37. The molecule has 0 fully saturated rings. The Morgan fingerprint density at radius 2 is 1.27 bits per heavy atom. The molecule has 158 valence electrons. The van der Waals surface area contributed by atoms with E-state index in [0.29, 0.717) is 0 Å². The Hall–Kier alpha value is -4.30. The average molecular weight is 425 g/mol. The van der Waals surface area contributed by atoms with E-state index in [2.05, 4.69) is 132 Å². The molecule has 0 amide bonds. The largest absolute Gasteiger partial charge is 0.355 e. The number of nitrogens with zero attached hydrogens (tertiary/aromatic N) is 1. The maximum atomic E-state index is 3.61. The van der Waals surface area contributed by atoms with E-state index in [1.807, 2.05) is 6.07 Å². The van der Waals surface area contributed by atoms with Crippen molar-refractivity contribution >= 4 is 33.2 Å². The number of hydrogen-bond donors (Lipinski definition) is 1. The zero-order valence-electron chi connectivity index (χ0n) is 18.5. The summed E-state index contributed by atoms with van der Waals surface area (Å²) in [6.45, 7) is 2.15. The van der Waals surface area contributed by atoms with Gasteiger partial charge in [-0.2, -0.15) is 0 Å². The van der Waals surface area contributed by atoms with Crippen LogP contribution in [0.15, 0.2) is 121 Å². The summed E-state index contributed by atoms with van der Waals surface area (Å²) >= 11 is 0. The van der Waals surface area contributed by atoms with Gasteiger partial charge >= 0.3 is 0 Å². The van der Waals surface area contributed by atoms with Crippen LogP contribution in [-0.2, 0) is 0 Å². The average Bonchev–Trinajstić information content (AvgIpc) is 3.20. The van der Waals surface area contributed by atoms with E-state index >= 15 is 0 Å². The second kappa shape index (κ2) is 7.99. The SMILES string of the molecule is Cc1ccc(Nc2ccccc2)c(-c2ccc3c4ccccc4n(-c4ccccc4)c3c2)c1. The molecule has 0 unspecified atom stereocenters. The maximum absolute atomic E-state index is 3.61. The molecule has 0 spiro atoms. The highest BCUT2D eigenvalue weighted by molar-refractivity contribution is 6.10. The van der Waals surface area contributed by atoms with Gasteiger partial charge in [0.25, 0.3) is 0 Å². The smallest absolute Gasteiger partial charge is 0.0547 e. The van der Waals surface area contributed by atoms with Crippen LogP contribution in [0.5, 0.6) is 0 Å². The Bertz CT molecular complexity index is 1580. The van der Waals surface area contributed by atoms with Gasteiger partial charge in [0.2, 0.25) is 0 Å². The number of benzene rings is 5. The normalized spacial score (nSPS) is 11.2. The first kappa shape index (κ1) is 19.4. The van der Waals surface area contributed by atoms with E-state index in [9.17, 15) is 0 Å². The first-order valence-corrected chi connectivity index (χ1v) is 11.3. The Balaban J connectivity index is 1.58. The van der Waals surface area contributed by atoms with Gasteiger partial charge in [-0.25, -0.2) is 0 Å². The molecule has 6 aromatic rings. The quantitative estimate of drug-likeness (QED) is 0.300. The van der Waals surface area contributed by atoms with E-state index in [4.69, 9.17) is 0 Å². The van der Waals surface area contributed by atoms with Gasteiger partial charge in [0.1, 0.15) is 0 Å². The number of fused-ring (bicyclic) bond motifs is 3. The highest BCUT2D eigenvalue weighted by Crippen LogP contribution is 2.37. The van der Waals surface area contributed by atoms with Crippen LogP contribution >= 0.6 is 0 Å². The third kappa shape index (κ3) is 3.46. The van der Waals surface area contributed by atoms with Crippen molar-refractivity contribution in [3.8, 4) is 16.8 Å². The fraction of sp³-hybridized carbons (Fsp3) is 0.0323. The lowest BCUT2D eigenvalue weighted by molar-refractivity contribution is 1.18. The molecule has 6 rings (SSSR count). The fourth-order valence-electron chi connectivity index (χ4n) is 4.68. The van der Waals surface area contributed by atoms with Gasteiger partial charge in [-0.05, 0) is 61.0 Å². The van der Waals surface area contributed by atoms with Crippen LogP contribution in [0, 0.1) is 6.92 Å². The lowest BCUT2D eigenvalue weighted by Gasteiger charge is -2.14. The van der Waals surface area contributed by atoms with Crippen molar-refractivity contribution in [3.63, 3.8) is 0 Å². The van der Waals surface area contributed by atoms with Crippen LogP contribution in [0.3, 0.4) is 0 Å². The second-order valence-corrected chi connectivity index (χ2v) is 8.46. The number of rotatable bonds is 4. The van der Waals surface area contributed by atoms with Gasteiger partial charge in [0.15, 0.2) is 0 Å². The minimum atomic E-state index is 1.09. The van der Waals surface area contributed by atoms with Crippen molar-refractivity contribution in [1.82, 2.24) is 4.57 Å². The van der Waals surface area contributed by atoms with Gasteiger partial charge in [-0.1, -0.05) is 78.4 Å². The van der Waals surface area contributed by atoms with Crippen LogP contribution in [0.1, 0.15) is 5.56 Å². The Morgan fingerprint density at radius 1 is 0.576 bits per heavy atom. The molecule has 2 heteroatoms. The zero-order valence-corrected chi connectivity index (χ0v) is 18.5. The Morgan fingerprint density at radius 3 is 2.09 bits per heavy atom. The van der Waals surface area contributed by atoms with E-state index in [1.54, 1.807) is 0 Å². The number of aromatic nitrogens is 1. The highest BCUT2D eigenvalue weighted by Gasteiger charge is 2.14. The predicted molar refractivity (Wildman–Crippen MR) is 141 cm³/mol. The lowest BCUT2D eigenvalue weighted by Crippen LogP contribution is -1.95. The molecule has 0 aliphatic rings. The topological polar surface area (TPSA) is 17.0 Å². The molecule has 0 aliphatic heterocycles. The summed E-state index contributed by atoms with van der Waals surface area (Å²) in [4.78, 5) is 0. The third-order valence-electron chi connectivity index (χ3n) is 6.23. The maximum Gasteiger partial charge on any atom is 0.0547 e. The van der Waals surface area contributed by atoms with Crippen LogP contribution < -0.4 is 5.32 Å². The Kier molecular flexibility index (Phi) is 4.70. The molecule has 0 radical (unpaired) electrons. The second-order valence-electron chi connectivity index (χ2n) is 8.46. The minimum absolute atomic E-state index is 1.09. The molecule has 0 bridgehead atoms. The summed E-state index contributed by atoms with van der Waals surface area (Å²) in [5.41, 5.74) is 9.45. The van der Waals surface area contributed by atoms with Crippen molar-refractivity contribution < 1.29 is 0 Å². The molecule has 33 heavy (non-hydrogen) atoms. The number of para-hydroxylation sites is 3.